The zero-order valence-corrected chi connectivity index (χ0v) is 12.5. The molecule has 0 aromatic carbocycles. The summed E-state index contributed by atoms with van der Waals surface area (Å²) >= 11 is 1.95. The Morgan fingerprint density at radius 1 is 1.41 bits per heavy atom. The van der Waals surface area contributed by atoms with Crippen molar-refractivity contribution in [3.63, 3.8) is 0 Å². The predicted molar refractivity (Wildman–Crippen MR) is 78.9 cm³/mol. The summed E-state index contributed by atoms with van der Waals surface area (Å²) < 4.78 is 0. The number of nitrogens with zero attached hydrogens (tertiary/aromatic N) is 2. The van der Waals surface area contributed by atoms with Crippen LogP contribution in [-0.4, -0.2) is 48.5 Å². The second-order valence-corrected chi connectivity index (χ2v) is 5.93. The first-order valence-electron chi connectivity index (χ1n) is 6.84. The van der Waals surface area contributed by atoms with Crippen molar-refractivity contribution in [2.75, 3.05) is 33.2 Å². The van der Waals surface area contributed by atoms with Crippen molar-refractivity contribution in [1.82, 2.24) is 10.2 Å². The first-order chi connectivity index (χ1) is 8.21. The molecule has 0 spiro atoms. The van der Waals surface area contributed by atoms with Crippen molar-refractivity contribution in [3.05, 3.63) is 0 Å². The minimum atomic E-state index is 0.705. The minimum absolute atomic E-state index is 0.705. The molecule has 17 heavy (non-hydrogen) atoms. The van der Waals surface area contributed by atoms with Gasteiger partial charge in [-0.15, -0.1) is 0 Å². The Morgan fingerprint density at radius 2 is 2.12 bits per heavy atom. The van der Waals surface area contributed by atoms with Gasteiger partial charge in [0.05, 0.1) is 6.54 Å². The van der Waals surface area contributed by atoms with Crippen molar-refractivity contribution < 1.29 is 0 Å². The Bertz CT molecular complexity index is 239. The van der Waals surface area contributed by atoms with Gasteiger partial charge < -0.3 is 10.2 Å². The van der Waals surface area contributed by atoms with Gasteiger partial charge in [-0.05, 0) is 19.5 Å². The maximum Gasteiger partial charge on any atom is 0.156 e. The van der Waals surface area contributed by atoms with Crippen LogP contribution in [0.2, 0.25) is 0 Å². The average molecular weight is 257 g/mol. The van der Waals surface area contributed by atoms with Crippen LogP contribution in [0.15, 0.2) is 4.99 Å². The standard InChI is InChI=1S/C13H27N3S/c1-5-11(6-2)12-10-15-13(17-12)14-8-9-16(4)7-3/h11-12H,5-10H2,1-4H3,(H,14,15). The second-order valence-electron chi connectivity index (χ2n) is 4.70. The molecule has 1 N–H and O–H groups in total. The highest BCUT2D eigenvalue weighted by molar-refractivity contribution is 8.14. The zero-order chi connectivity index (χ0) is 12.7. The summed E-state index contributed by atoms with van der Waals surface area (Å²) in [5, 5.41) is 5.31. The lowest BCUT2D eigenvalue weighted by Crippen LogP contribution is -2.31. The Hall–Kier alpha value is -0.220. The maximum absolute atomic E-state index is 4.61. The molecule has 1 heterocycles. The third-order valence-electron chi connectivity index (χ3n) is 3.56. The normalized spacial score (nSPS) is 20.1. The van der Waals surface area contributed by atoms with Crippen molar-refractivity contribution in [2.45, 2.75) is 38.9 Å². The summed E-state index contributed by atoms with van der Waals surface area (Å²) in [7, 11) is 2.15. The number of likely N-dealkylation sites (N-methyl/N-ethyl adjacent to an activating group) is 1. The van der Waals surface area contributed by atoms with Gasteiger partial charge in [0.1, 0.15) is 0 Å². The highest BCUT2D eigenvalue weighted by Gasteiger charge is 2.25. The number of nitrogens with one attached hydrogen (secondary N) is 1. The van der Waals surface area contributed by atoms with Gasteiger partial charge in [-0.1, -0.05) is 45.4 Å². The van der Waals surface area contributed by atoms with E-state index in [9.17, 15) is 0 Å². The van der Waals surface area contributed by atoms with E-state index in [4.69, 9.17) is 0 Å². The molecule has 3 nitrogen and oxygen atoms in total. The van der Waals surface area contributed by atoms with Crippen LogP contribution in [0.3, 0.4) is 0 Å². The van der Waals surface area contributed by atoms with Crippen LogP contribution < -0.4 is 5.32 Å². The van der Waals surface area contributed by atoms with Crippen LogP contribution in [0.1, 0.15) is 33.6 Å². The van der Waals surface area contributed by atoms with Crippen molar-refractivity contribution >= 4 is 16.9 Å². The number of rotatable bonds is 7. The molecule has 0 amide bonds. The highest BCUT2D eigenvalue weighted by atomic mass is 32.2. The zero-order valence-electron chi connectivity index (χ0n) is 11.7. The van der Waals surface area contributed by atoms with E-state index in [1.165, 1.54) is 12.8 Å². The minimum Gasteiger partial charge on any atom is -0.364 e. The fourth-order valence-electron chi connectivity index (χ4n) is 2.06. The molecule has 4 heteroatoms. The number of aliphatic imine (C=N–C) groups is 1. The largest absolute Gasteiger partial charge is 0.364 e. The van der Waals surface area contributed by atoms with Gasteiger partial charge in [0, 0.05) is 18.3 Å². The third kappa shape index (κ3) is 4.88. The van der Waals surface area contributed by atoms with Crippen molar-refractivity contribution in [3.8, 4) is 0 Å². The lowest BCUT2D eigenvalue weighted by atomic mass is 9.99. The Labute approximate surface area is 110 Å². The fraction of sp³-hybridized carbons (Fsp3) is 0.923. The Balaban J connectivity index is 2.21. The van der Waals surface area contributed by atoms with Crippen LogP contribution in [0.4, 0.5) is 0 Å². The molecular formula is C13H27N3S. The number of hydrogen-bond acceptors (Lipinski definition) is 4. The summed E-state index contributed by atoms with van der Waals surface area (Å²) in [5.74, 6) is 0.821. The molecule has 1 aliphatic rings. The average Bonchev–Trinajstić information content (AvgIpc) is 2.79. The molecule has 0 fully saturated rings. The molecule has 0 radical (unpaired) electrons. The van der Waals surface area contributed by atoms with E-state index >= 15 is 0 Å². The molecule has 1 atom stereocenters. The SMILES string of the molecule is CCC(CC)C1CN=C(NCCN(C)CC)S1. The van der Waals surface area contributed by atoms with Crippen LogP contribution in [-0.2, 0) is 0 Å². The molecule has 1 unspecified atom stereocenters. The molecule has 1 rings (SSSR count). The van der Waals surface area contributed by atoms with Crippen molar-refractivity contribution in [2.24, 2.45) is 10.9 Å². The Kier molecular flexibility index (Phi) is 6.97. The van der Waals surface area contributed by atoms with Crippen LogP contribution in [0.25, 0.3) is 0 Å². The summed E-state index contributed by atoms with van der Waals surface area (Å²) in [4.78, 5) is 6.92. The third-order valence-corrected chi connectivity index (χ3v) is 4.90. The highest BCUT2D eigenvalue weighted by Crippen LogP contribution is 2.30. The molecule has 0 aliphatic carbocycles. The molecule has 1 aliphatic heterocycles. The maximum atomic E-state index is 4.61. The monoisotopic (exact) mass is 257 g/mol. The molecule has 0 aromatic rings. The molecule has 100 valence electrons. The van der Waals surface area contributed by atoms with Crippen molar-refractivity contribution in [1.29, 1.82) is 0 Å². The van der Waals surface area contributed by atoms with E-state index in [1.54, 1.807) is 0 Å². The summed E-state index contributed by atoms with van der Waals surface area (Å²) in [6, 6.07) is 0. The molecular weight excluding hydrogens is 230 g/mol. The quantitative estimate of drug-likeness (QED) is 0.759. The van der Waals surface area contributed by atoms with E-state index in [0.29, 0.717) is 5.25 Å². The molecule has 0 saturated carbocycles. The smallest absolute Gasteiger partial charge is 0.156 e. The van der Waals surface area contributed by atoms with Crippen LogP contribution in [0, 0.1) is 5.92 Å². The number of hydrogen-bond donors (Lipinski definition) is 1. The van der Waals surface area contributed by atoms with Gasteiger partial charge in [0.2, 0.25) is 0 Å². The van der Waals surface area contributed by atoms with Crippen LogP contribution >= 0.6 is 11.8 Å². The van der Waals surface area contributed by atoms with E-state index in [2.05, 4.69) is 43.0 Å². The van der Waals surface area contributed by atoms with E-state index < -0.39 is 0 Å². The van der Waals surface area contributed by atoms with Crippen LogP contribution in [0.5, 0.6) is 0 Å². The first-order valence-corrected chi connectivity index (χ1v) is 7.72. The van der Waals surface area contributed by atoms with Gasteiger partial charge in [0.15, 0.2) is 5.17 Å². The second kappa shape index (κ2) is 7.98. The van der Waals surface area contributed by atoms with Gasteiger partial charge in [-0.3, -0.25) is 4.99 Å². The lowest BCUT2D eigenvalue weighted by Gasteiger charge is -2.19. The van der Waals surface area contributed by atoms with E-state index in [1.807, 2.05) is 11.8 Å². The summed E-state index contributed by atoms with van der Waals surface area (Å²) in [6.45, 7) is 11.0. The molecule has 0 saturated heterocycles. The topological polar surface area (TPSA) is 27.6 Å². The number of thioether (sulfide) groups is 1. The fourth-order valence-corrected chi connectivity index (χ4v) is 3.41. The lowest BCUT2D eigenvalue weighted by molar-refractivity contribution is 0.358. The van der Waals surface area contributed by atoms with Gasteiger partial charge >= 0.3 is 0 Å². The molecule has 0 aromatic heterocycles. The Morgan fingerprint density at radius 3 is 2.71 bits per heavy atom. The van der Waals surface area contributed by atoms with E-state index in [0.717, 1.165) is 37.3 Å². The summed E-state index contributed by atoms with van der Waals surface area (Å²) in [5.41, 5.74) is 0. The van der Waals surface area contributed by atoms with E-state index in [-0.39, 0.29) is 0 Å². The predicted octanol–water partition coefficient (Wildman–Crippen LogP) is 2.44. The first kappa shape index (κ1) is 14.8. The number of amidine groups is 1. The van der Waals surface area contributed by atoms with Gasteiger partial charge in [-0.25, -0.2) is 0 Å². The van der Waals surface area contributed by atoms with Gasteiger partial charge in [-0.2, -0.15) is 0 Å². The van der Waals surface area contributed by atoms with Gasteiger partial charge in [0.25, 0.3) is 0 Å². The molecule has 0 bridgehead atoms. The summed E-state index contributed by atoms with van der Waals surface area (Å²) in [6.07, 6.45) is 2.55.